The molecule has 5 nitrogen and oxygen atoms in total. The maximum atomic E-state index is 10.7. The quantitative estimate of drug-likeness (QED) is 0.419. The first-order valence-corrected chi connectivity index (χ1v) is 9.42. The van der Waals surface area contributed by atoms with Crippen LogP contribution in [0.3, 0.4) is 0 Å². The molecule has 0 heterocycles. The third-order valence-electron chi connectivity index (χ3n) is 3.78. The Morgan fingerprint density at radius 1 is 0.950 bits per heavy atom. The van der Waals surface area contributed by atoms with Crippen LogP contribution in [0.25, 0.3) is 0 Å². The van der Waals surface area contributed by atoms with Crippen LogP contribution in [0.5, 0.6) is 0 Å². The normalized spacial score (nSPS) is 15.2. The smallest absolute Gasteiger partial charge is 0.265 e. The molecule has 0 fully saturated rings. The van der Waals surface area contributed by atoms with Crippen molar-refractivity contribution in [1.82, 2.24) is 0 Å². The van der Waals surface area contributed by atoms with Gasteiger partial charge in [0.1, 0.15) is 13.2 Å². The van der Waals surface area contributed by atoms with E-state index >= 15 is 0 Å². The van der Waals surface area contributed by atoms with Crippen molar-refractivity contribution in [2.75, 3.05) is 32.8 Å². The van der Waals surface area contributed by atoms with Gasteiger partial charge < -0.3 is 18.8 Å². The summed E-state index contributed by atoms with van der Waals surface area (Å²) < 4.78 is 16.2. The van der Waals surface area contributed by atoms with Crippen LogP contribution in [0.15, 0.2) is 0 Å². The fraction of sp³-hybridized carbons (Fsp3) is 1.00. The lowest BCUT2D eigenvalue weighted by Crippen LogP contribution is -2.52. The molecule has 0 aromatic heterocycles. The first kappa shape index (κ1) is 20.1. The van der Waals surface area contributed by atoms with Gasteiger partial charge in [0.05, 0.1) is 19.6 Å². The molecule has 0 saturated heterocycles. The lowest BCUT2D eigenvalue weighted by atomic mass is 10.1. The van der Waals surface area contributed by atoms with Crippen molar-refractivity contribution < 1.29 is 23.4 Å². The van der Waals surface area contributed by atoms with E-state index in [9.17, 15) is 9.46 Å². The zero-order valence-corrected chi connectivity index (χ0v) is 14.2. The predicted molar refractivity (Wildman–Crippen MR) is 80.2 cm³/mol. The molecule has 6 heteroatoms. The van der Waals surface area contributed by atoms with E-state index in [-0.39, 0.29) is 6.61 Å². The summed E-state index contributed by atoms with van der Waals surface area (Å²) in [7, 11) is -4.59. The summed E-state index contributed by atoms with van der Waals surface area (Å²) in [6.07, 6.45) is 6.84. The van der Waals surface area contributed by atoms with Gasteiger partial charge in [-0.15, -0.1) is 0 Å². The molecule has 0 aromatic carbocycles. The van der Waals surface area contributed by atoms with Crippen molar-refractivity contribution in [3.63, 3.8) is 0 Å². The maximum Gasteiger partial charge on any atom is 0.265 e. The molecule has 122 valence electrons. The Morgan fingerprint density at radius 2 is 1.35 bits per heavy atom. The summed E-state index contributed by atoms with van der Waals surface area (Å²) in [6.45, 7) is 10.4. The van der Waals surface area contributed by atoms with E-state index in [0.717, 1.165) is 62.6 Å². The summed E-state index contributed by atoms with van der Waals surface area (Å²) in [4.78, 5) is 19.4. The van der Waals surface area contributed by atoms with Crippen molar-refractivity contribution in [2.24, 2.45) is 0 Å². The molecule has 0 aliphatic rings. The Balaban J connectivity index is 4.61. The number of unbranched alkanes of at least 4 members (excludes halogenated alkanes) is 3. The molecular weight excluding hydrogens is 277 g/mol. The van der Waals surface area contributed by atoms with Gasteiger partial charge in [0.25, 0.3) is 7.82 Å². The first-order chi connectivity index (χ1) is 9.39. The summed E-state index contributed by atoms with van der Waals surface area (Å²) in [5.74, 6) is 0. The van der Waals surface area contributed by atoms with E-state index < -0.39 is 7.82 Å². The molecule has 0 radical (unpaired) electrons. The fourth-order valence-electron chi connectivity index (χ4n) is 2.50. The van der Waals surface area contributed by atoms with Crippen LogP contribution in [0.4, 0.5) is 0 Å². The average Bonchev–Trinajstić information content (AvgIpc) is 2.38. The Bertz CT molecular complexity index is 259. The molecule has 20 heavy (non-hydrogen) atoms. The predicted octanol–water partition coefficient (Wildman–Crippen LogP) is 2.68. The summed E-state index contributed by atoms with van der Waals surface area (Å²) >= 11 is 0. The van der Waals surface area contributed by atoms with Gasteiger partial charge >= 0.3 is 0 Å². The maximum absolute atomic E-state index is 10.7. The Hall–Kier alpha value is 0.0700. The first-order valence-electron chi connectivity index (χ1n) is 7.92. The van der Waals surface area contributed by atoms with Crippen LogP contribution in [0.2, 0.25) is 0 Å². The molecule has 1 atom stereocenters. The van der Waals surface area contributed by atoms with Crippen LogP contribution in [0, 0.1) is 0 Å². The number of quaternary nitrogens is 1. The molecule has 1 N–H and O–H groups in total. The highest BCUT2D eigenvalue weighted by Gasteiger charge is 2.26. The zero-order chi connectivity index (χ0) is 15.5. The van der Waals surface area contributed by atoms with Crippen molar-refractivity contribution >= 4 is 7.82 Å². The van der Waals surface area contributed by atoms with E-state index in [1.807, 2.05) is 0 Å². The molecule has 1 unspecified atom stereocenters. The molecule has 0 aliphatic heterocycles. The third-order valence-corrected chi connectivity index (χ3v) is 4.29. The number of phosphoric acid groups is 1. The van der Waals surface area contributed by atoms with Crippen LogP contribution >= 0.6 is 7.82 Å². The second-order valence-electron chi connectivity index (χ2n) is 5.60. The highest BCUT2D eigenvalue weighted by molar-refractivity contribution is 7.44. The molecule has 0 amide bonds. The van der Waals surface area contributed by atoms with Crippen LogP contribution in [-0.4, -0.2) is 42.2 Å². The second-order valence-corrected chi connectivity index (χ2v) is 6.79. The van der Waals surface area contributed by atoms with Crippen LogP contribution in [-0.2, 0) is 9.09 Å². The van der Waals surface area contributed by atoms with Gasteiger partial charge in [-0.1, -0.05) is 40.0 Å². The monoisotopic (exact) mass is 309 g/mol. The van der Waals surface area contributed by atoms with Crippen LogP contribution in [0.1, 0.15) is 59.3 Å². The number of hydrogen-bond acceptors (Lipinski definition) is 3. The molecule has 0 aromatic rings. The Morgan fingerprint density at radius 3 is 1.65 bits per heavy atom. The SMILES string of the molecule is CCCC[N+](CCCC)(CCCC)CCOP(=O)([O-])O. The number of nitrogens with zero attached hydrogens (tertiary/aromatic N) is 1. The van der Waals surface area contributed by atoms with Crippen LogP contribution < -0.4 is 4.89 Å². The summed E-state index contributed by atoms with van der Waals surface area (Å²) in [5.41, 5.74) is 0. The van der Waals surface area contributed by atoms with Crippen molar-refractivity contribution in [3.8, 4) is 0 Å². The minimum Gasteiger partial charge on any atom is -0.756 e. The van der Waals surface area contributed by atoms with Gasteiger partial charge in [0, 0.05) is 0 Å². The minimum atomic E-state index is -4.59. The summed E-state index contributed by atoms with van der Waals surface area (Å²) in [5, 5.41) is 0. The van der Waals surface area contributed by atoms with Gasteiger partial charge in [-0.05, 0) is 19.3 Å². The van der Waals surface area contributed by atoms with E-state index in [0.29, 0.717) is 6.54 Å². The van der Waals surface area contributed by atoms with Crippen molar-refractivity contribution in [2.45, 2.75) is 59.3 Å². The third kappa shape index (κ3) is 9.89. The molecule has 0 aliphatic carbocycles. The average molecular weight is 309 g/mol. The van der Waals surface area contributed by atoms with Crippen molar-refractivity contribution in [1.29, 1.82) is 0 Å². The van der Waals surface area contributed by atoms with E-state index in [1.165, 1.54) is 0 Å². The van der Waals surface area contributed by atoms with Gasteiger partial charge in [-0.3, -0.25) is 4.57 Å². The topological polar surface area (TPSA) is 69.6 Å². The second kappa shape index (κ2) is 10.7. The van der Waals surface area contributed by atoms with Gasteiger partial charge in [-0.2, -0.15) is 0 Å². The minimum absolute atomic E-state index is 0.0778. The number of rotatable bonds is 13. The Kier molecular flexibility index (Phi) is 10.8. The van der Waals surface area contributed by atoms with Crippen molar-refractivity contribution in [3.05, 3.63) is 0 Å². The highest BCUT2D eigenvalue weighted by atomic mass is 31.2. The van der Waals surface area contributed by atoms with Gasteiger partial charge in [-0.25, -0.2) is 0 Å². The van der Waals surface area contributed by atoms with E-state index in [1.54, 1.807) is 0 Å². The molecule has 0 rings (SSSR count). The largest absolute Gasteiger partial charge is 0.756 e. The molecule has 0 bridgehead atoms. The number of phosphoric ester groups is 1. The van der Waals surface area contributed by atoms with E-state index in [2.05, 4.69) is 25.3 Å². The lowest BCUT2D eigenvalue weighted by molar-refractivity contribution is -0.928. The Labute approximate surface area is 124 Å². The van der Waals surface area contributed by atoms with Gasteiger partial charge in [0.15, 0.2) is 0 Å². The number of hydrogen-bond donors (Lipinski definition) is 1. The zero-order valence-electron chi connectivity index (χ0n) is 13.3. The standard InChI is InChI=1S/C14H32NO4P/c1-4-7-10-15(11-8-5-2,12-9-6-3)13-14-19-20(16,17)18/h4-14H2,1-3H3,(H-,16,17,18). The van der Waals surface area contributed by atoms with Gasteiger partial charge in [0.2, 0.25) is 0 Å². The molecular formula is C14H32NO4P. The highest BCUT2D eigenvalue weighted by Crippen LogP contribution is 2.30. The molecule has 0 saturated carbocycles. The lowest BCUT2D eigenvalue weighted by Gasteiger charge is -2.39. The fourth-order valence-corrected chi connectivity index (χ4v) is 2.81. The van der Waals surface area contributed by atoms with E-state index in [4.69, 9.17) is 4.89 Å². The molecule has 0 spiro atoms. The summed E-state index contributed by atoms with van der Waals surface area (Å²) in [6, 6.07) is 0.